The van der Waals surface area contributed by atoms with Gasteiger partial charge < -0.3 is 5.32 Å². The lowest BCUT2D eigenvalue weighted by Crippen LogP contribution is -2.20. The lowest BCUT2D eigenvalue weighted by atomic mass is 10.0. The minimum Gasteiger partial charge on any atom is -0.310 e. The second-order valence-electron chi connectivity index (χ2n) is 7.06. The number of nitrogens with zero attached hydrogens (tertiary/aromatic N) is 5. The summed E-state index contributed by atoms with van der Waals surface area (Å²) in [5.74, 6) is 0.00334. The van der Waals surface area contributed by atoms with E-state index in [1.807, 2.05) is 19.2 Å². The molecule has 8 heteroatoms. The third-order valence-electron chi connectivity index (χ3n) is 4.98. The summed E-state index contributed by atoms with van der Waals surface area (Å²) in [5.41, 5.74) is 2.23. The Balaban J connectivity index is 1.50. The Morgan fingerprint density at radius 2 is 2.18 bits per heavy atom. The Labute approximate surface area is 161 Å². The summed E-state index contributed by atoms with van der Waals surface area (Å²) >= 11 is 0. The smallest absolute Gasteiger partial charge is 0.232 e. The number of rotatable bonds is 5. The predicted molar refractivity (Wildman–Crippen MR) is 100 cm³/mol. The zero-order valence-corrected chi connectivity index (χ0v) is 15.6. The minimum atomic E-state index is -0.576. The first-order chi connectivity index (χ1) is 13.5. The number of aryl methyl sites for hydroxylation is 1. The number of carbonyl (C=O) groups excluding carboxylic acids is 1. The highest BCUT2D eigenvalue weighted by Crippen LogP contribution is 2.40. The van der Waals surface area contributed by atoms with Gasteiger partial charge in [-0.05, 0) is 38.0 Å². The van der Waals surface area contributed by atoms with E-state index in [0.29, 0.717) is 23.0 Å². The SMILES string of the molecule is CC(C(=O)Nc1cc(C2CC2)nn1C)c1cnn(-c2ccc(F)c(C#N)c2)c1. The quantitative estimate of drug-likeness (QED) is 0.738. The van der Waals surface area contributed by atoms with E-state index in [1.165, 1.54) is 22.9 Å². The molecule has 0 spiro atoms. The van der Waals surface area contributed by atoms with Gasteiger partial charge in [-0.25, -0.2) is 9.07 Å². The number of hydrogen-bond acceptors (Lipinski definition) is 4. The molecule has 2 aromatic heterocycles. The molecule has 2 heterocycles. The van der Waals surface area contributed by atoms with Crippen molar-refractivity contribution in [2.24, 2.45) is 7.05 Å². The maximum atomic E-state index is 13.5. The van der Waals surface area contributed by atoms with E-state index < -0.39 is 11.7 Å². The minimum absolute atomic E-state index is 0.0528. The Morgan fingerprint density at radius 3 is 2.89 bits per heavy atom. The topological polar surface area (TPSA) is 88.5 Å². The van der Waals surface area contributed by atoms with Crippen LogP contribution in [0.15, 0.2) is 36.7 Å². The first-order valence-corrected chi connectivity index (χ1v) is 9.05. The molecule has 1 saturated carbocycles. The lowest BCUT2D eigenvalue weighted by molar-refractivity contribution is -0.117. The van der Waals surface area contributed by atoms with Gasteiger partial charge in [0, 0.05) is 30.8 Å². The molecule has 142 valence electrons. The highest BCUT2D eigenvalue weighted by molar-refractivity contribution is 5.94. The summed E-state index contributed by atoms with van der Waals surface area (Å²) in [7, 11) is 1.81. The van der Waals surface area contributed by atoms with E-state index in [0.717, 1.165) is 18.5 Å². The van der Waals surface area contributed by atoms with Gasteiger partial charge in [0.2, 0.25) is 5.91 Å². The summed E-state index contributed by atoms with van der Waals surface area (Å²) in [5, 5.41) is 20.6. The van der Waals surface area contributed by atoms with Crippen molar-refractivity contribution >= 4 is 11.7 Å². The van der Waals surface area contributed by atoms with Gasteiger partial charge in [-0.3, -0.25) is 9.48 Å². The largest absolute Gasteiger partial charge is 0.310 e. The number of hydrogen-bond donors (Lipinski definition) is 1. The molecule has 1 amide bonds. The van der Waals surface area contributed by atoms with Crippen LogP contribution < -0.4 is 5.32 Å². The third-order valence-corrected chi connectivity index (χ3v) is 4.98. The van der Waals surface area contributed by atoms with E-state index in [9.17, 15) is 9.18 Å². The van der Waals surface area contributed by atoms with Crippen LogP contribution in [0.5, 0.6) is 0 Å². The van der Waals surface area contributed by atoms with E-state index in [4.69, 9.17) is 5.26 Å². The fourth-order valence-corrected chi connectivity index (χ4v) is 3.01. The van der Waals surface area contributed by atoms with Crippen LogP contribution in [0, 0.1) is 17.1 Å². The van der Waals surface area contributed by atoms with Crippen LogP contribution in [0.1, 0.15) is 48.4 Å². The Morgan fingerprint density at radius 1 is 1.39 bits per heavy atom. The first-order valence-electron chi connectivity index (χ1n) is 9.05. The van der Waals surface area contributed by atoms with E-state index in [-0.39, 0.29) is 11.5 Å². The standard InChI is InChI=1S/C20H19FN6O/c1-12(20(28)24-19-8-18(13-3-4-13)25-26(19)2)15-10-23-27(11-15)16-5-6-17(21)14(7-16)9-22/h5-8,10-13H,3-4H2,1-2H3,(H,24,28). The molecule has 3 aromatic rings. The van der Waals surface area contributed by atoms with Gasteiger partial charge in [-0.1, -0.05) is 0 Å². The van der Waals surface area contributed by atoms with Crippen molar-refractivity contribution < 1.29 is 9.18 Å². The monoisotopic (exact) mass is 378 g/mol. The molecule has 1 N–H and O–H groups in total. The van der Waals surface area contributed by atoms with Crippen molar-refractivity contribution in [2.45, 2.75) is 31.6 Å². The van der Waals surface area contributed by atoms with Gasteiger partial charge in [0.1, 0.15) is 17.7 Å². The number of nitrogens with one attached hydrogen (secondary N) is 1. The van der Waals surface area contributed by atoms with Crippen molar-refractivity contribution in [1.29, 1.82) is 5.26 Å². The fourth-order valence-electron chi connectivity index (χ4n) is 3.01. The maximum Gasteiger partial charge on any atom is 0.232 e. The van der Waals surface area contributed by atoms with Crippen LogP contribution >= 0.6 is 0 Å². The number of benzene rings is 1. The summed E-state index contributed by atoms with van der Waals surface area (Å²) < 4.78 is 16.7. The molecular formula is C20H19FN6O. The van der Waals surface area contributed by atoms with Gasteiger partial charge in [0.25, 0.3) is 0 Å². The van der Waals surface area contributed by atoms with Crippen molar-refractivity contribution in [1.82, 2.24) is 19.6 Å². The number of anilines is 1. The predicted octanol–water partition coefficient (Wildman–Crippen LogP) is 3.24. The van der Waals surface area contributed by atoms with Gasteiger partial charge in [0.05, 0.1) is 29.1 Å². The van der Waals surface area contributed by atoms with Crippen molar-refractivity contribution in [3.05, 3.63) is 59.3 Å². The van der Waals surface area contributed by atoms with Crippen LogP contribution in [0.2, 0.25) is 0 Å². The average Bonchev–Trinajstić information content (AvgIpc) is 3.31. The van der Waals surface area contributed by atoms with Gasteiger partial charge >= 0.3 is 0 Å². The molecule has 0 aliphatic heterocycles. The third kappa shape index (κ3) is 3.39. The van der Waals surface area contributed by atoms with Crippen molar-refractivity contribution in [3.8, 4) is 11.8 Å². The molecule has 1 fully saturated rings. The maximum absolute atomic E-state index is 13.5. The first kappa shape index (κ1) is 17.9. The zero-order valence-electron chi connectivity index (χ0n) is 15.6. The van der Waals surface area contributed by atoms with E-state index in [2.05, 4.69) is 15.5 Å². The lowest BCUT2D eigenvalue weighted by Gasteiger charge is -2.10. The van der Waals surface area contributed by atoms with Gasteiger partial charge in [-0.2, -0.15) is 15.5 Å². The van der Waals surface area contributed by atoms with E-state index in [1.54, 1.807) is 24.0 Å². The number of nitriles is 1. The van der Waals surface area contributed by atoms with Crippen LogP contribution in [-0.2, 0) is 11.8 Å². The second kappa shape index (κ2) is 6.93. The molecule has 0 radical (unpaired) electrons. The number of aromatic nitrogens is 4. The van der Waals surface area contributed by atoms with Crippen LogP contribution in [0.4, 0.5) is 10.2 Å². The Bertz CT molecular complexity index is 1090. The highest BCUT2D eigenvalue weighted by Gasteiger charge is 2.27. The molecule has 4 rings (SSSR count). The normalized spacial score (nSPS) is 14.5. The molecule has 1 unspecified atom stereocenters. The van der Waals surface area contributed by atoms with Crippen LogP contribution in [-0.4, -0.2) is 25.5 Å². The number of amides is 1. The average molecular weight is 378 g/mol. The highest BCUT2D eigenvalue weighted by atomic mass is 19.1. The molecule has 0 saturated heterocycles. The van der Waals surface area contributed by atoms with Gasteiger partial charge in [-0.15, -0.1) is 0 Å². The van der Waals surface area contributed by atoms with Gasteiger partial charge in [0.15, 0.2) is 0 Å². The molecule has 1 aliphatic carbocycles. The summed E-state index contributed by atoms with van der Waals surface area (Å²) in [6, 6.07) is 7.92. The van der Waals surface area contributed by atoms with Crippen LogP contribution in [0.25, 0.3) is 5.69 Å². The zero-order chi connectivity index (χ0) is 19.8. The van der Waals surface area contributed by atoms with Crippen LogP contribution in [0.3, 0.4) is 0 Å². The molecule has 1 atom stereocenters. The molecule has 1 aliphatic rings. The Kier molecular flexibility index (Phi) is 4.43. The second-order valence-corrected chi connectivity index (χ2v) is 7.06. The Hall–Kier alpha value is -3.47. The molecule has 28 heavy (non-hydrogen) atoms. The molecule has 7 nitrogen and oxygen atoms in total. The number of halogens is 1. The molecular weight excluding hydrogens is 359 g/mol. The summed E-state index contributed by atoms with van der Waals surface area (Å²) in [6.45, 7) is 1.79. The van der Waals surface area contributed by atoms with E-state index >= 15 is 0 Å². The fraction of sp³-hybridized carbons (Fsp3) is 0.300. The molecule has 1 aromatic carbocycles. The number of carbonyl (C=O) groups is 1. The summed E-state index contributed by atoms with van der Waals surface area (Å²) in [6.07, 6.45) is 5.60. The summed E-state index contributed by atoms with van der Waals surface area (Å²) in [4.78, 5) is 12.7. The van der Waals surface area contributed by atoms with Crippen molar-refractivity contribution in [3.63, 3.8) is 0 Å². The molecule has 0 bridgehead atoms. The van der Waals surface area contributed by atoms with Crippen molar-refractivity contribution in [2.75, 3.05) is 5.32 Å².